The average Bonchev–Trinajstić information content (AvgIpc) is 3.08. The largest absolute Gasteiger partial charge is 0.491 e. The van der Waals surface area contributed by atoms with Crippen LogP contribution >= 0.6 is 0 Å². The summed E-state index contributed by atoms with van der Waals surface area (Å²) in [6, 6.07) is 14.8. The number of esters is 3. The van der Waals surface area contributed by atoms with Gasteiger partial charge in [-0.2, -0.15) is 0 Å². The lowest BCUT2D eigenvalue weighted by atomic mass is 9.78. The van der Waals surface area contributed by atoms with E-state index < -0.39 is 60.0 Å². The van der Waals surface area contributed by atoms with E-state index in [9.17, 15) is 24.0 Å². The van der Waals surface area contributed by atoms with Crippen LogP contribution in [-0.2, 0) is 48.3 Å². The van der Waals surface area contributed by atoms with Crippen molar-refractivity contribution >= 4 is 29.8 Å². The molecule has 3 atom stereocenters. The molecule has 2 rings (SSSR count). The summed E-state index contributed by atoms with van der Waals surface area (Å²) in [5.41, 5.74) is 1.53. The second kappa shape index (κ2) is 20.3. The van der Waals surface area contributed by atoms with Crippen molar-refractivity contribution in [2.75, 3.05) is 26.4 Å². The zero-order valence-electron chi connectivity index (χ0n) is 28.0. The van der Waals surface area contributed by atoms with Crippen LogP contribution in [0.15, 0.2) is 73.8 Å². The van der Waals surface area contributed by atoms with Gasteiger partial charge in [-0.25, -0.2) is 9.59 Å². The summed E-state index contributed by atoms with van der Waals surface area (Å²) in [5.74, 6) is -3.12. The van der Waals surface area contributed by atoms with E-state index in [0.29, 0.717) is 11.5 Å². The Balaban J connectivity index is 2.03. The molecular weight excluding hydrogens is 640 g/mol. The lowest BCUT2D eigenvalue weighted by Gasteiger charge is -2.27. The summed E-state index contributed by atoms with van der Waals surface area (Å²) in [5, 5.41) is 17.7. The number of benzene rings is 2. The second-order valence-electron chi connectivity index (χ2n) is 11.5. The molecule has 0 aliphatic rings. The van der Waals surface area contributed by atoms with Gasteiger partial charge in [0.05, 0.1) is 18.9 Å². The quantitative estimate of drug-likeness (QED) is 0.0939. The highest BCUT2D eigenvalue weighted by Crippen LogP contribution is 2.33. The van der Waals surface area contributed by atoms with E-state index >= 15 is 0 Å². The molecule has 0 fully saturated rings. The molecule has 13 nitrogen and oxygen atoms in total. The van der Waals surface area contributed by atoms with E-state index in [1.807, 2.05) is 36.4 Å². The Kier molecular flexibility index (Phi) is 16.5. The minimum absolute atomic E-state index is 0.0572. The Bertz CT molecular complexity index is 1410. The number of carboxylic acids is 2. The first kappa shape index (κ1) is 40.0. The van der Waals surface area contributed by atoms with Gasteiger partial charge >= 0.3 is 29.8 Å². The lowest BCUT2D eigenvalue weighted by Crippen LogP contribution is -2.31. The number of carbonyl (C=O) groups is 5. The Morgan fingerprint density at radius 1 is 0.694 bits per heavy atom. The normalized spacial score (nSPS) is 12.8. The molecule has 0 spiro atoms. The lowest BCUT2D eigenvalue weighted by molar-refractivity contribution is -0.159. The van der Waals surface area contributed by atoms with Gasteiger partial charge in [0.25, 0.3) is 0 Å². The summed E-state index contributed by atoms with van der Waals surface area (Å²) < 4.78 is 32.9. The Hall–Kier alpha value is -5.17. The molecule has 0 saturated carbocycles. The van der Waals surface area contributed by atoms with Crippen molar-refractivity contribution in [1.29, 1.82) is 0 Å². The maximum absolute atomic E-state index is 12.0. The predicted molar refractivity (Wildman–Crippen MR) is 176 cm³/mol. The highest BCUT2D eigenvalue weighted by Gasteiger charge is 2.24. The Morgan fingerprint density at radius 2 is 1.14 bits per heavy atom. The van der Waals surface area contributed by atoms with Crippen LogP contribution in [0.3, 0.4) is 0 Å². The molecular formula is C36H44O13. The van der Waals surface area contributed by atoms with Gasteiger partial charge in [0, 0.05) is 24.0 Å². The van der Waals surface area contributed by atoms with Crippen LogP contribution in [-0.4, -0.2) is 84.8 Å². The molecule has 13 heteroatoms. The maximum atomic E-state index is 12.0. The third-order valence-electron chi connectivity index (χ3n) is 7.21. The van der Waals surface area contributed by atoms with Crippen molar-refractivity contribution in [3.05, 3.63) is 85.0 Å². The van der Waals surface area contributed by atoms with Gasteiger partial charge in [-0.05, 0) is 48.7 Å². The SMILES string of the molecule is C=CC(=O)OCC(COc1ccc(C(C)(C)c2ccc(OCC(COC(=O)C=C)OC(C)CCC(=O)O)cc2)cc1)OC(=O)CCC(=O)O. The first-order valence-corrected chi connectivity index (χ1v) is 15.6. The monoisotopic (exact) mass is 684 g/mol. The topological polar surface area (TPSA) is 181 Å². The molecule has 3 unspecified atom stereocenters. The van der Waals surface area contributed by atoms with Crippen molar-refractivity contribution in [3.63, 3.8) is 0 Å². The van der Waals surface area contributed by atoms with Crippen molar-refractivity contribution < 1.29 is 62.6 Å². The van der Waals surface area contributed by atoms with Gasteiger partial charge in [0.1, 0.15) is 44.0 Å². The van der Waals surface area contributed by atoms with E-state index in [4.69, 9.17) is 38.6 Å². The number of carboxylic acid groups (broad SMARTS) is 2. The first-order chi connectivity index (χ1) is 23.2. The molecule has 2 N–H and O–H groups in total. The summed E-state index contributed by atoms with van der Waals surface area (Å²) in [6.07, 6.45) is -0.486. The molecule has 49 heavy (non-hydrogen) atoms. The van der Waals surface area contributed by atoms with E-state index in [2.05, 4.69) is 27.0 Å². The Labute approximate surface area is 285 Å². The summed E-state index contributed by atoms with van der Waals surface area (Å²) in [4.78, 5) is 56.8. The summed E-state index contributed by atoms with van der Waals surface area (Å²) in [6.45, 7) is 12.1. The number of hydrogen-bond donors (Lipinski definition) is 2. The average molecular weight is 685 g/mol. The minimum Gasteiger partial charge on any atom is -0.491 e. The highest BCUT2D eigenvalue weighted by molar-refractivity contribution is 5.81. The standard InChI is InChI=1S/C36H44O13/c1-6-33(41)46-22-29(48-24(3)8-17-31(37)38)20-44-27-13-9-25(10-14-27)36(4,5)26-11-15-28(16-12-26)45-21-30(23-47-34(42)7-2)49-35(43)19-18-32(39)40/h6-7,9-16,24,29-30H,1-2,8,17-23H2,3-5H3,(H,37,38)(H,39,40). The van der Waals surface area contributed by atoms with E-state index in [1.54, 1.807) is 19.1 Å². The van der Waals surface area contributed by atoms with Crippen LogP contribution < -0.4 is 9.47 Å². The van der Waals surface area contributed by atoms with Gasteiger partial charge < -0.3 is 38.6 Å². The highest BCUT2D eigenvalue weighted by atomic mass is 16.6. The van der Waals surface area contributed by atoms with E-state index in [0.717, 1.165) is 23.3 Å². The van der Waals surface area contributed by atoms with Crippen molar-refractivity contribution in [1.82, 2.24) is 0 Å². The molecule has 0 saturated heterocycles. The molecule has 0 heterocycles. The molecule has 0 radical (unpaired) electrons. The smallest absolute Gasteiger partial charge is 0.330 e. The number of aliphatic carboxylic acids is 2. The summed E-state index contributed by atoms with van der Waals surface area (Å²) >= 11 is 0. The number of carbonyl (C=O) groups excluding carboxylic acids is 3. The zero-order chi connectivity index (χ0) is 36.4. The van der Waals surface area contributed by atoms with Crippen LogP contribution in [0.5, 0.6) is 11.5 Å². The van der Waals surface area contributed by atoms with Gasteiger partial charge in [0.15, 0.2) is 6.10 Å². The van der Waals surface area contributed by atoms with Gasteiger partial charge in [-0.15, -0.1) is 0 Å². The zero-order valence-corrected chi connectivity index (χ0v) is 28.0. The van der Waals surface area contributed by atoms with Gasteiger partial charge in [0.2, 0.25) is 0 Å². The predicted octanol–water partition coefficient (Wildman–Crippen LogP) is 4.64. The molecule has 266 valence electrons. The van der Waals surface area contributed by atoms with Crippen LogP contribution in [0.25, 0.3) is 0 Å². The number of hydrogen-bond acceptors (Lipinski definition) is 11. The van der Waals surface area contributed by atoms with Crippen molar-refractivity contribution in [3.8, 4) is 11.5 Å². The second-order valence-corrected chi connectivity index (χ2v) is 11.5. The van der Waals surface area contributed by atoms with Crippen LogP contribution in [0, 0.1) is 0 Å². The maximum Gasteiger partial charge on any atom is 0.330 e. The molecule has 0 aliphatic carbocycles. The van der Waals surface area contributed by atoms with Crippen molar-refractivity contribution in [2.24, 2.45) is 0 Å². The van der Waals surface area contributed by atoms with Crippen LogP contribution in [0.4, 0.5) is 0 Å². The van der Waals surface area contributed by atoms with Crippen molar-refractivity contribution in [2.45, 2.75) is 70.2 Å². The first-order valence-electron chi connectivity index (χ1n) is 15.6. The molecule has 2 aromatic carbocycles. The molecule has 0 aromatic heterocycles. The minimum atomic E-state index is -1.14. The fourth-order valence-corrected chi connectivity index (χ4v) is 4.37. The molecule has 0 aliphatic heterocycles. The third-order valence-corrected chi connectivity index (χ3v) is 7.21. The molecule has 0 amide bonds. The fourth-order valence-electron chi connectivity index (χ4n) is 4.37. The van der Waals surface area contributed by atoms with E-state index in [1.165, 1.54) is 0 Å². The third kappa shape index (κ3) is 15.1. The molecule has 0 bridgehead atoms. The molecule has 2 aromatic rings. The van der Waals surface area contributed by atoms with Gasteiger partial charge in [-0.3, -0.25) is 14.4 Å². The number of rotatable bonds is 23. The van der Waals surface area contributed by atoms with Crippen LogP contribution in [0.2, 0.25) is 0 Å². The number of ether oxygens (including phenoxy) is 6. The van der Waals surface area contributed by atoms with Crippen LogP contribution in [0.1, 0.15) is 57.6 Å². The fraction of sp³-hybridized carbons (Fsp3) is 0.417. The van der Waals surface area contributed by atoms with Gasteiger partial charge in [-0.1, -0.05) is 51.3 Å². The summed E-state index contributed by atoms with van der Waals surface area (Å²) in [7, 11) is 0. The van der Waals surface area contributed by atoms with E-state index in [-0.39, 0.29) is 45.7 Å². The Morgan fingerprint density at radius 3 is 1.59 bits per heavy atom.